The van der Waals surface area contributed by atoms with Crippen LogP contribution >= 0.6 is 0 Å². The molecular formula is C46H48N4O7. The number of carbonyl (C=O) groups is 2. The van der Waals surface area contributed by atoms with Crippen LogP contribution in [0.4, 0.5) is 5.69 Å². The van der Waals surface area contributed by atoms with Crippen LogP contribution in [-0.4, -0.2) is 84.1 Å². The van der Waals surface area contributed by atoms with Gasteiger partial charge in [-0.05, 0) is 103 Å². The van der Waals surface area contributed by atoms with E-state index in [0.717, 1.165) is 84.7 Å². The Morgan fingerprint density at radius 3 is 2.44 bits per heavy atom. The number of hydrogen-bond acceptors (Lipinski definition) is 8. The van der Waals surface area contributed by atoms with E-state index < -0.39 is 0 Å². The highest BCUT2D eigenvalue weighted by molar-refractivity contribution is 6.09. The Balaban J connectivity index is 1.14. The van der Waals surface area contributed by atoms with Gasteiger partial charge in [-0.3, -0.25) is 14.5 Å². The highest BCUT2D eigenvalue weighted by atomic mass is 16.7. The molecule has 1 fully saturated rings. The Morgan fingerprint density at radius 2 is 1.65 bits per heavy atom. The number of ether oxygens (including phenoxy) is 4. The highest BCUT2D eigenvalue weighted by Gasteiger charge is 2.36. The average molecular weight is 769 g/mol. The molecule has 9 rings (SSSR count). The first-order chi connectivity index (χ1) is 27.9. The number of benzene rings is 4. The van der Waals surface area contributed by atoms with Crippen molar-refractivity contribution in [2.24, 2.45) is 0 Å². The molecule has 1 atom stereocenters. The van der Waals surface area contributed by atoms with E-state index in [1.54, 1.807) is 36.3 Å². The fourth-order valence-corrected chi connectivity index (χ4v) is 8.92. The third-order valence-corrected chi connectivity index (χ3v) is 12.0. The number of anilines is 1. The van der Waals surface area contributed by atoms with Gasteiger partial charge in [0.1, 0.15) is 11.5 Å². The van der Waals surface area contributed by atoms with Gasteiger partial charge < -0.3 is 38.4 Å². The molecule has 4 aliphatic heterocycles. The van der Waals surface area contributed by atoms with Crippen molar-refractivity contribution < 1.29 is 33.6 Å². The van der Waals surface area contributed by atoms with Crippen molar-refractivity contribution in [1.82, 2.24) is 14.4 Å². The first-order valence-corrected chi connectivity index (χ1v) is 19.9. The molecule has 57 heavy (non-hydrogen) atoms. The Morgan fingerprint density at radius 1 is 0.877 bits per heavy atom. The van der Waals surface area contributed by atoms with Gasteiger partial charge in [0.15, 0.2) is 11.5 Å². The van der Waals surface area contributed by atoms with E-state index in [-0.39, 0.29) is 30.4 Å². The molecule has 0 bridgehead atoms. The van der Waals surface area contributed by atoms with Gasteiger partial charge in [0.05, 0.1) is 38.0 Å². The lowest BCUT2D eigenvalue weighted by Crippen LogP contribution is -2.52. The minimum absolute atomic E-state index is 0.0407. The predicted molar refractivity (Wildman–Crippen MR) is 216 cm³/mol. The van der Waals surface area contributed by atoms with Crippen molar-refractivity contribution in [3.8, 4) is 34.3 Å². The number of amides is 2. The molecule has 1 saturated heterocycles. The molecule has 4 aromatic carbocycles. The van der Waals surface area contributed by atoms with Crippen LogP contribution in [-0.2, 0) is 37.2 Å². The second-order valence-corrected chi connectivity index (χ2v) is 15.4. The standard InChI is InChI=1S/C46H48N4O7/c1-30-32(10-7-12-42(30)54-2)26-49(34-13-15-36(51)16-14-34)46(53)39-23-41(48-17-6-5-11-40(39)48)37-24-43-44(57-29-56-43)25-38(37)45(52)50-27-33-9-4-3-8-31(33)22-35(50)28-47-18-20-55-21-19-47/h3-4,7-10,12-16,23-25,35,51H,5-6,11,17-22,26-29H2,1-2H3/t35-/m0/s1. The lowest BCUT2D eigenvalue weighted by atomic mass is 9.92. The zero-order chi connectivity index (χ0) is 39.0. The van der Waals surface area contributed by atoms with Crippen LogP contribution in [0.3, 0.4) is 0 Å². The van der Waals surface area contributed by atoms with Gasteiger partial charge in [-0.15, -0.1) is 0 Å². The first-order valence-electron chi connectivity index (χ1n) is 19.9. The molecule has 5 heterocycles. The van der Waals surface area contributed by atoms with E-state index in [9.17, 15) is 5.11 Å². The molecule has 4 aliphatic rings. The van der Waals surface area contributed by atoms with E-state index in [4.69, 9.17) is 18.9 Å². The smallest absolute Gasteiger partial charge is 0.260 e. The van der Waals surface area contributed by atoms with Crippen LogP contribution < -0.4 is 19.1 Å². The van der Waals surface area contributed by atoms with Crippen molar-refractivity contribution in [1.29, 1.82) is 0 Å². The molecule has 0 unspecified atom stereocenters. The molecule has 0 saturated carbocycles. The summed E-state index contributed by atoms with van der Waals surface area (Å²) in [5.74, 6) is 1.75. The number of morpholine rings is 1. The van der Waals surface area contributed by atoms with E-state index in [0.29, 0.717) is 61.2 Å². The third kappa shape index (κ3) is 7.10. The molecule has 0 radical (unpaired) electrons. The number of nitrogens with zero attached hydrogens (tertiary/aromatic N) is 4. The normalized spacial score (nSPS) is 17.5. The SMILES string of the molecule is COc1cccc(CN(C(=O)c2cc(-c3cc4c(cc3C(=O)N3Cc5ccccc5C[C@H]3CN3CCOCC3)OCO4)n3c2CCCC3)c2ccc(O)cc2)c1C. The molecule has 0 spiro atoms. The number of aromatic hydroxyl groups is 1. The minimum Gasteiger partial charge on any atom is -0.508 e. The summed E-state index contributed by atoms with van der Waals surface area (Å²) in [6.45, 7) is 7.37. The molecule has 294 valence electrons. The minimum atomic E-state index is -0.161. The fraction of sp³-hybridized carbons (Fsp3) is 0.348. The van der Waals surface area contributed by atoms with Crippen molar-refractivity contribution >= 4 is 17.5 Å². The van der Waals surface area contributed by atoms with Gasteiger partial charge in [-0.25, -0.2) is 0 Å². The molecular weight excluding hydrogens is 721 g/mol. The summed E-state index contributed by atoms with van der Waals surface area (Å²) in [7, 11) is 1.65. The third-order valence-electron chi connectivity index (χ3n) is 12.0. The lowest BCUT2D eigenvalue weighted by Gasteiger charge is -2.40. The predicted octanol–water partition coefficient (Wildman–Crippen LogP) is 6.99. The number of aromatic nitrogens is 1. The quantitative estimate of drug-likeness (QED) is 0.171. The molecule has 5 aromatic rings. The summed E-state index contributed by atoms with van der Waals surface area (Å²) in [6.07, 6.45) is 3.38. The number of phenolic OH excluding ortho intramolecular Hbond substituents is 1. The van der Waals surface area contributed by atoms with Gasteiger partial charge >= 0.3 is 0 Å². The Kier molecular flexibility index (Phi) is 10.1. The summed E-state index contributed by atoms with van der Waals surface area (Å²) >= 11 is 0. The van der Waals surface area contributed by atoms with Gasteiger partial charge in [0, 0.05) is 61.4 Å². The zero-order valence-electron chi connectivity index (χ0n) is 32.5. The van der Waals surface area contributed by atoms with Crippen LogP contribution in [0, 0.1) is 6.92 Å². The Bertz CT molecular complexity index is 2310. The number of rotatable bonds is 9. The molecule has 1 aromatic heterocycles. The molecule has 1 N–H and O–H groups in total. The van der Waals surface area contributed by atoms with Gasteiger partial charge in [0.25, 0.3) is 11.8 Å². The van der Waals surface area contributed by atoms with Gasteiger partial charge in [-0.1, -0.05) is 36.4 Å². The van der Waals surface area contributed by atoms with Crippen molar-refractivity contribution in [3.63, 3.8) is 0 Å². The first kappa shape index (κ1) is 36.8. The number of carbonyl (C=O) groups excluding carboxylic acids is 2. The topological polar surface area (TPSA) is 106 Å². The Hall–Kier alpha value is -5.78. The maximum atomic E-state index is 15.2. The lowest BCUT2D eigenvalue weighted by molar-refractivity contribution is 0.0193. The van der Waals surface area contributed by atoms with E-state index >= 15 is 9.59 Å². The zero-order valence-corrected chi connectivity index (χ0v) is 32.5. The number of fused-ring (bicyclic) bond motifs is 3. The number of phenols is 1. The van der Waals surface area contributed by atoms with Crippen LogP contribution in [0.15, 0.2) is 84.9 Å². The maximum Gasteiger partial charge on any atom is 0.260 e. The summed E-state index contributed by atoms with van der Waals surface area (Å²) in [4.78, 5) is 36.6. The van der Waals surface area contributed by atoms with Gasteiger partial charge in [0.2, 0.25) is 6.79 Å². The second-order valence-electron chi connectivity index (χ2n) is 15.4. The van der Waals surface area contributed by atoms with Crippen LogP contribution in [0.1, 0.15) is 61.5 Å². The summed E-state index contributed by atoms with van der Waals surface area (Å²) < 4.78 is 25.3. The summed E-state index contributed by atoms with van der Waals surface area (Å²) in [6, 6.07) is 26.7. The molecule has 11 nitrogen and oxygen atoms in total. The van der Waals surface area contributed by atoms with Crippen molar-refractivity contribution in [2.75, 3.05) is 51.7 Å². The summed E-state index contributed by atoms with van der Waals surface area (Å²) in [5.41, 5.74) is 8.57. The summed E-state index contributed by atoms with van der Waals surface area (Å²) in [5, 5.41) is 10.2. The van der Waals surface area contributed by atoms with E-state index in [1.807, 2.05) is 54.3 Å². The van der Waals surface area contributed by atoms with Crippen molar-refractivity contribution in [3.05, 3.63) is 124 Å². The average Bonchev–Trinajstić information content (AvgIpc) is 3.87. The second kappa shape index (κ2) is 15.6. The molecule has 0 aliphatic carbocycles. The monoisotopic (exact) mass is 768 g/mol. The van der Waals surface area contributed by atoms with E-state index in [1.165, 1.54) is 5.56 Å². The van der Waals surface area contributed by atoms with Crippen LogP contribution in [0.25, 0.3) is 11.3 Å². The van der Waals surface area contributed by atoms with Crippen molar-refractivity contribution in [2.45, 2.75) is 58.3 Å². The number of methoxy groups -OCH3 is 1. The molecule has 11 heteroatoms. The highest BCUT2D eigenvalue weighted by Crippen LogP contribution is 2.43. The van der Waals surface area contributed by atoms with Crippen LogP contribution in [0.5, 0.6) is 23.0 Å². The molecule has 2 amide bonds. The van der Waals surface area contributed by atoms with Gasteiger partial charge in [-0.2, -0.15) is 0 Å². The van der Waals surface area contributed by atoms with Crippen LogP contribution in [0.2, 0.25) is 0 Å². The largest absolute Gasteiger partial charge is 0.508 e. The Labute approximate surface area is 332 Å². The van der Waals surface area contributed by atoms with E-state index in [2.05, 4.69) is 27.7 Å². The fourth-order valence-electron chi connectivity index (χ4n) is 8.92. The maximum absolute atomic E-state index is 15.2. The number of hydrogen-bond donors (Lipinski definition) is 1.